The third-order valence-corrected chi connectivity index (χ3v) is 0.283. The zero-order chi connectivity index (χ0) is 3.54. The molecule has 0 N–H and O–H groups in total. The van der Waals surface area contributed by atoms with Gasteiger partial charge in [0.05, 0.1) is 12.4 Å². The van der Waals surface area contributed by atoms with Crippen molar-refractivity contribution in [2.24, 2.45) is 0 Å². The molecular formula is C2H4K2N2O. The van der Waals surface area contributed by atoms with Crippen LogP contribution in [-0.2, 0) is 0 Å². The molecule has 7 heavy (non-hydrogen) atoms. The molecule has 0 aliphatic carbocycles. The molecular weight excluding hydrogens is 146 g/mol. The van der Waals surface area contributed by atoms with Crippen LogP contribution in [0.2, 0.25) is 0 Å². The second-order valence-corrected chi connectivity index (χ2v) is 0.591. The molecule has 0 unspecified atom stereocenters. The van der Waals surface area contributed by atoms with E-state index in [9.17, 15) is 0 Å². The van der Waals surface area contributed by atoms with Crippen molar-refractivity contribution >= 4 is 0 Å². The summed E-state index contributed by atoms with van der Waals surface area (Å²) in [6.07, 6.45) is 2.94. The van der Waals surface area contributed by atoms with Crippen LogP contribution in [0, 0.1) is 0 Å². The van der Waals surface area contributed by atoms with Crippen molar-refractivity contribution in [1.29, 1.82) is 0 Å². The van der Waals surface area contributed by atoms with E-state index in [2.05, 4.69) is 14.9 Å². The van der Waals surface area contributed by atoms with Gasteiger partial charge in [-0.15, -0.1) is 0 Å². The Morgan fingerprint density at radius 3 is 1.71 bits per heavy atom. The van der Waals surface area contributed by atoms with Gasteiger partial charge in [-0.3, -0.25) is 0 Å². The fourth-order valence-corrected chi connectivity index (χ4v) is 0.136. The Bertz CT molecular complexity index is 77.0. The topological polar surface area (TPSA) is 38.9 Å². The molecule has 0 spiro atoms. The molecule has 1 aromatic heterocycles. The second kappa shape index (κ2) is 8.41. The normalized spacial score (nSPS) is 5.71. The first-order chi connectivity index (χ1) is 2.50. The third-order valence-electron chi connectivity index (χ3n) is 0.283. The van der Waals surface area contributed by atoms with Crippen molar-refractivity contribution in [2.75, 3.05) is 0 Å². The predicted octanol–water partition coefficient (Wildman–Crippen LogP) is -5.70. The van der Waals surface area contributed by atoms with E-state index < -0.39 is 0 Å². The average molecular weight is 150 g/mol. The number of hydrogen-bond donors (Lipinski definition) is 0. The third kappa shape index (κ3) is 6.30. The molecule has 0 amide bonds. The molecule has 1 heterocycles. The quantitative estimate of drug-likeness (QED) is 0.346. The van der Waals surface area contributed by atoms with Gasteiger partial charge in [-0.25, -0.2) is 4.63 Å². The van der Waals surface area contributed by atoms with Gasteiger partial charge < -0.3 is 2.85 Å². The molecule has 0 saturated heterocycles. The Morgan fingerprint density at radius 1 is 1.14 bits per heavy atom. The van der Waals surface area contributed by atoms with Crippen LogP contribution in [0.1, 0.15) is 2.85 Å². The standard InChI is InChI=1S/C2H2N2O.2K.2H/c1-2-4-5-3-1;;;;/h1-2H;;;;/q;2*+1;2*-1. The van der Waals surface area contributed by atoms with Gasteiger partial charge in [-0.1, -0.05) is 10.3 Å². The maximum absolute atomic E-state index is 4.08. The van der Waals surface area contributed by atoms with E-state index in [1.807, 2.05) is 0 Å². The summed E-state index contributed by atoms with van der Waals surface area (Å²) in [5.74, 6) is 0. The van der Waals surface area contributed by atoms with E-state index in [0.29, 0.717) is 0 Å². The van der Waals surface area contributed by atoms with Crippen molar-refractivity contribution in [3.63, 3.8) is 0 Å². The summed E-state index contributed by atoms with van der Waals surface area (Å²) >= 11 is 0. The van der Waals surface area contributed by atoms with Gasteiger partial charge in [0, 0.05) is 0 Å². The summed E-state index contributed by atoms with van der Waals surface area (Å²) in [5, 5.41) is 6.47. The first kappa shape index (κ1) is 12.1. The van der Waals surface area contributed by atoms with E-state index in [1.165, 1.54) is 12.4 Å². The van der Waals surface area contributed by atoms with Gasteiger partial charge in [-0.05, 0) is 0 Å². The fraction of sp³-hybridized carbons (Fsp3) is 0. The number of aromatic nitrogens is 2. The summed E-state index contributed by atoms with van der Waals surface area (Å²) in [4.78, 5) is 0. The molecule has 0 bridgehead atoms. The monoisotopic (exact) mass is 150 g/mol. The van der Waals surface area contributed by atoms with Gasteiger partial charge in [-0.2, -0.15) is 0 Å². The maximum atomic E-state index is 4.08. The van der Waals surface area contributed by atoms with E-state index in [-0.39, 0.29) is 106 Å². The summed E-state index contributed by atoms with van der Waals surface area (Å²) in [6, 6.07) is 0. The van der Waals surface area contributed by atoms with Crippen LogP contribution in [0.25, 0.3) is 0 Å². The first-order valence-corrected chi connectivity index (χ1v) is 1.21. The first-order valence-electron chi connectivity index (χ1n) is 1.21. The van der Waals surface area contributed by atoms with E-state index in [1.54, 1.807) is 0 Å². The molecule has 0 aliphatic rings. The summed E-state index contributed by atoms with van der Waals surface area (Å²) in [5.41, 5.74) is 0. The number of hydrogen-bond acceptors (Lipinski definition) is 3. The fourth-order valence-electron chi connectivity index (χ4n) is 0.136. The molecule has 0 aromatic carbocycles. The van der Waals surface area contributed by atoms with Gasteiger partial charge in [0.15, 0.2) is 0 Å². The molecule has 0 aliphatic heterocycles. The van der Waals surface area contributed by atoms with Crippen LogP contribution < -0.4 is 103 Å². The summed E-state index contributed by atoms with van der Waals surface area (Å²) in [6.45, 7) is 0. The van der Waals surface area contributed by atoms with Crippen LogP contribution in [0.3, 0.4) is 0 Å². The zero-order valence-corrected chi connectivity index (χ0v) is 10.7. The zero-order valence-electron chi connectivity index (χ0n) is 6.46. The molecule has 30 valence electrons. The van der Waals surface area contributed by atoms with Gasteiger partial charge in [0.25, 0.3) is 0 Å². The van der Waals surface area contributed by atoms with Crippen molar-refractivity contribution in [2.45, 2.75) is 0 Å². The predicted molar refractivity (Wildman–Crippen MR) is 16.5 cm³/mol. The Hall–Kier alpha value is 2.41. The largest absolute Gasteiger partial charge is 1.00 e. The number of nitrogens with zero attached hydrogens (tertiary/aromatic N) is 2. The van der Waals surface area contributed by atoms with Gasteiger partial charge in [0.1, 0.15) is 0 Å². The van der Waals surface area contributed by atoms with Gasteiger partial charge in [0.2, 0.25) is 0 Å². The number of rotatable bonds is 0. The van der Waals surface area contributed by atoms with Crippen LogP contribution in [-0.4, -0.2) is 10.3 Å². The van der Waals surface area contributed by atoms with Crippen molar-refractivity contribution in [3.8, 4) is 0 Å². The minimum absolute atomic E-state index is 0. The van der Waals surface area contributed by atoms with Crippen LogP contribution in [0.4, 0.5) is 0 Å². The average Bonchev–Trinajstić information content (AvgIpc) is 1.76. The minimum atomic E-state index is 0. The Kier molecular flexibility index (Phi) is 14.6. The van der Waals surface area contributed by atoms with Crippen molar-refractivity contribution < 1.29 is 110 Å². The van der Waals surface area contributed by atoms with Crippen molar-refractivity contribution in [1.82, 2.24) is 10.3 Å². The molecule has 3 nitrogen and oxygen atoms in total. The summed E-state index contributed by atoms with van der Waals surface area (Å²) < 4.78 is 4.08. The Labute approximate surface area is 129 Å². The van der Waals surface area contributed by atoms with Gasteiger partial charge >= 0.3 is 103 Å². The second-order valence-electron chi connectivity index (χ2n) is 0.591. The Morgan fingerprint density at radius 2 is 1.57 bits per heavy atom. The van der Waals surface area contributed by atoms with E-state index >= 15 is 0 Å². The molecule has 1 rings (SSSR count). The molecule has 1 aromatic rings. The molecule has 0 saturated carbocycles. The Balaban J connectivity index is -0.0000000312. The maximum Gasteiger partial charge on any atom is 1.00 e. The van der Waals surface area contributed by atoms with E-state index in [4.69, 9.17) is 0 Å². The molecule has 5 heteroatoms. The molecule has 0 atom stereocenters. The van der Waals surface area contributed by atoms with Crippen LogP contribution >= 0.6 is 0 Å². The van der Waals surface area contributed by atoms with E-state index in [0.717, 1.165) is 0 Å². The minimum Gasteiger partial charge on any atom is -1.00 e. The summed E-state index contributed by atoms with van der Waals surface area (Å²) in [7, 11) is 0. The van der Waals surface area contributed by atoms with Crippen LogP contribution in [0.15, 0.2) is 17.0 Å². The smallest absolute Gasteiger partial charge is 1.00 e. The van der Waals surface area contributed by atoms with Crippen molar-refractivity contribution in [3.05, 3.63) is 12.4 Å². The molecule has 0 radical (unpaired) electrons. The van der Waals surface area contributed by atoms with Crippen LogP contribution in [0.5, 0.6) is 0 Å². The molecule has 0 fully saturated rings. The SMILES string of the molecule is [H-].[H-].[K+].[K+].c1cnon1.